The highest BCUT2D eigenvalue weighted by molar-refractivity contribution is 5.87. The van der Waals surface area contributed by atoms with Crippen LogP contribution in [0.4, 0.5) is 0 Å². The molecule has 0 aromatic heterocycles. The van der Waals surface area contributed by atoms with Gasteiger partial charge >= 0.3 is 5.97 Å². The van der Waals surface area contributed by atoms with Crippen molar-refractivity contribution in [2.24, 2.45) is 0 Å². The Labute approximate surface area is 212 Å². The predicted octanol–water partition coefficient (Wildman–Crippen LogP) is 8.16. The highest BCUT2D eigenvalue weighted by atomic mass is 16.4. The summed E-state index contributed by atoms with van der Waals surface area (Å²) in [6.07, 6.45) is 13.2. The van der Waals surface area contributed by atoms with Gasteiger partial charge in [0, 0.05) is 11.6 Å². The number of phenolic OH excluding ortho intramolecular Hbond substituents is 1. The first-order chi connectivity index (χ1) is 17.6. The fourth-order valence-corrected chi connectivity index (χ4v) is 3.39. The van der Waals surface area contributed by atoms with Gasteiger partial charge in [-0.15, -0.1) is 0 Å². The van der Waals surface area contributed by atoms with Gasteiger partial charge in [-0.3, -0.25) is 0 Å². The van der Waals surface area contributed by atoms with E-state index in [0.29, 0.717) is 0 Å². The van der Waals surface area contributed by atoms with E-state index in [0.717, 1.165) is 39.5 Å². The Morgan fingerprint density at radius 1 is 0.556 bits per heavy atom. The zero-order valence-electron chi connectivity index (χ0n) is 19.9. The number of aliphatic carboxylic acids is 1. The Kier molecular flexibility index (Phi) is 9.81. The molecule has 4 aromatic carbocycles. The minimum atomic E-state index is -0.981. The molecule has 0 aliphatic heterocycles. The number of hydrogen-bond donors (Lipinski definition) is 2. The number of carbonyl (C=O) groups is 1. The van der Waals surface area contributed by atoms with Crippen molar-refractivity contribution >= 4 is 42.4 Å². The van der Waals surface area contributed by atoms with Gasteiger partial charge in [-0.1, -0.05) is 140 Å². The first-order valence-corrected chi connectivity index (χ1v) is 11.5. The van der Waals surface area contributed by atoms with Crippen LogP contribution in [0.3, 0.4) is 0 Å². The molecule has 36 heavy (non-hydrogen) atoms. The average molecular weight is 473 g/mol. The number of benzene rings is 4. The summed E-state index contributed by atoms with van der Waals surface area (Å²) >= 11 is 0. The van der Waals surface area contributed by atoms with E-state index in [1.54, 1.807) is 6.07 Å². The summed E-state index contributed by atoms with van der Waals surface area (Å²) in [7, 11) is 0. The normalized spacial score (nSPS) is 10.9. The Balaban J connectivity index is 0.000000658. The van der Waals surface area contributed by atoms with Crippen LogP contribution < -0.4 is 0 Å². The zero-order valence-corrected chi connectivity index (χ0v) is 19.9. The molecule has 0 fully saturated rings. The number of aromatic hydroxyl groups is 1. The molecule has 2 N–H and O–H groups in total. The molecule has 0 spiro atoms. The van der Waals surface area contributed by atoms with E-state index in [9.17, 15) is 9.90 Å². The van der Waals surface area contributed by atoms with Crippen molar-refractivity contribution in [3.8, 4) is 5.75 Å². The Morgan fingerprint density at radius 3 is 1.36 bits per heavy atom. The third kappa shape index (κ3) is 8.15. The molecule has 0 amide bonds. The molecule has 0 heterocycles. The molecule has 0 radical (unpaired) electrons. The topological polar surface area (TPSA) is 57.5 Å². The van der Waals surface area contributed by atoms with Crippen molar-refractivity contribution in [1.29, 1.82) is 0 Å². The van der Waals surface area contributed by atoms with E-state index >= 15 is 0 Å². The summed E-state index contributed by atoms with van der Waals surface area (Å²) in [5.74, 6) is -0.721. The van der Waals surface area contributed by atoms with Crippen LogP contribution in [0.5, 0.6) is 5.75 Å². The second kappa shape index (κ2) is 13.7. The number of carboxylic acids is 1. The lowest BCUT2D eigenvalue weighted by atomic mass is 9.96. The summed E-state index contributed by atoms with van der Waals surface area (Å²) in [5, 5.41) is 18.3. The molecule has 3 nitrogen and oxygen atoms in total. The van der Waals surface area contributed by atoms with Gasteiger partial charge in [0.15, 0.2) is 0 Å². The fourth-order valence-electron chi connectivity index (χ4n) is 3.39. The molecule has 0 aliphatic carbocycles. The second-order valence-electron chi connectivity index (χ2n) is 7.78. The van der Waals surface area contributed by atoms with Crippen molar-refractivity contribution in [2.45, 2.75) is 0 Å². The summed E-state index contributed by atoms with van der Waals surface area (Å²) in [6, 6.07) is 34.2. The zero-order chi connectivity index (χ0) is 25.6. The van der Waals surface area contributed by atoms with E-state index in [4.69, 9.17) is 5.11 Å². The molecule has 4 rings (SSSR count). The van der Waals surface area contributed by atoms with Crippen LogP contribution in [0.25, 0.3) is 36.5 Å². The number of carboxylic acid groups (broad SMARTS) is 1. The van der Waals surface area contributed by atoms with Gasteiger partial charge < -0.3 is 10.2 Å². The average Bonchev–Trinajstić information content (AvgIpc) is 2.92. The van der Waals surface area contributed by atoms with Crippen molar-refractivity contribution in [2.75, 3.05) is 0 Å². The molecule has 4 aromatic rings. The lowest BCUT2D eigenvalue weighted by Gasteiger charge is -2.09. The third-order valence-corrected chi connectivity index (χ3v) is 5.21. The molecule has 0 saturated carbocycles. The highest BCUT2D eigenvalue weighted by Crippen LogP contribution is 2.30. The standard InChI is InChI=1S/C30H24O.C3H4O2/c31-30-23-20-27(19-16-24-10-4-1-5-11-24)28(21-17-25-12-6-2-7-13-25)29(30)22-18-26-14-8-3-9-15-26;1-2-3(4)5/h1-23,31H;2H,1H2,(H,4,5). The van der Waals surface area contributed by atoms with Crippen LogP contribution in [-0.2, 0) is 4.79 Å². The van der Waals surface area contributed by atoms with Crippen molar-refractivity contribution in [1.82, 2.24) is 0 Å². The summed E-state index contributed by atoms with van der Waals surface area (Å²) in [5.41, 5.74) is 6.15. The fraction of sp³-hybridized carbons (Fsp3) is 0. The maximum absolute atomic E-state index is 10.7. The Hall–Kier alpha value is -4.89. The number of rotatable bonds is 7. The molecular formula is C33H28O3. The van der Waals surface area contributed by atoms with Gasteiger partial charge in [0.25, 0.3) is 0 Å². The van der Waals surface area contributed by atoms with E-state index in [1.807, 2.05) is 84.9 Å². The maximum atomic E-state index is 10.7. The van der Waals surface area contributed by atoms with Gasteiger partial charge in [0.1, 0.15) is 5.75 Å². The van der Waals surface area contributed by atoms with Crippen molar-refractivity contribution < 1.29 is 15.0 Å². The molecule has 0 unspecified atom stereocenters. The molecule has 0 aliphatic rings. The van der Waals surface area contributed by atoms with Crippen LogP contribution in [0.1, 0.15) is 33.4 Å². The number of hydrogen-bond acceptors (Lipinski definition) is 2. The summed E-state index contributed by atoms with van der Waals surface area (Å²) < 4.78 is 0. The summed E-state index contributed by atoms with van der Waals surface area (Å²) in [6.45, 7) is 2.96. The van der Waals surface area contributed by atoms with Gasteiger partial charge in [-0.25, -0.2) is 4.79 Å². The third-order valence-electron chi connectivity index (χ3n) is 5.21. The monoisotopic (exact) mass is 472 g/mol. The predicted molar refractivity (Wildman–Crippen MR) is 152 cm³/mol. The quantitative estimate of drug-likeness (QED) is 0.211. The van der Waals surface area contributed by atoms with E-state index in [2.05, 4.69) is 55.1 Å². The molecule has 178 valence electrons. The molecule has 0 atom stereocenters. The SMILES string of the molecule is C=CC(=O)O.Oc1ccc(C=Cc2ccccc2)c(C=Cc2ccccc2)c1C=Cc1ccccc1. The second-order valence-corrected chi connectivity index (χ2v) is 7.78. The van der Waals surface area contributed by atoms with Crippen LogP contribution in [-0.4, -0.2) is 16.2 Å². The van der Waals surface area contributed by atoms with Crippen LogP contribution in [0, 0.1) is 0 Å². The molecule has 3 heteroatoms. The lowest BCUT2D eigenvalue weighted by molar-refractivity contribution is -0.131. The van der Waals surface area contributed by atoms with E-state index in [-0.39, 0.29) is 5.75 Å². The molecule has 0 saturated heterocycles. The molecular weight excluding hydrogens is 444 g/mol. The van der Waals surface area contributed by atoms with Crippen molar-refractivity contribution in [3.63, 3.8) is 0 Å². The Morgan fingerprint density at radius 2 is 0.944 bits per heavy atom. The van der Waals surface area contributed by atoms with Gasteiger partial charge in [0.2, 0.25) is 0 Å². The smallest absolute Gasteiger partial charge is 0.327 e. The number of phenols is 1. The molecule has 0 bridgehead atoms. The van der Waals surface area contributed by atoms with Crippen molar-refractivity contribution in [3.05, 3.63) is 149 Å². The van der Waals surface area contributed by atoms with E-state index < -0.39 is 5.97 Å². The minimum Gasteiger partial charge on any atom is -0.507 e. The summed E-state index contributed by atoms with van der Waals surface area (Å²) in [4.78, 5) is 9.25. The van der Waals surface area contributed by atoms with Gasteiger partial charge in [0.05, 0.1) is 0 Å². The first kappa shape index (κ1) is 25.7. The van der Waals surface area contributed by atoms with Gasteiger partial charge in [-0.2, -0.15) is 0 Å². The minimum absolute atomic E-state index is 0.261. The maximum Gasteiger partial charge on any atom is 0.327 e. The van der Waals surface area contributed by atoms with Crippen LogP contribution in [0.2, 0.25) is 0 Å². The van der Waals surface area contributed by atoms with Crippen LogP contribution in [0.15, 0.2) is 116 Å². The first-order valence-electron chi connectivity index (χ1n) is 11.5. The Bertz CT molecular complexity index is 1350. The van der Waals surface area contributed by atoms with E-state index in [1.165, 1.54) is 0 Å². The largest absolute Gasteiger partial charge is 0.507 e. The lowest BCUT2D eigenvalue weighted by Crippen LogP contribution is -1.88. The van der Waals surface area contributed by atoms with Gasteiger partial charge in [-0.05, 0) is 33.9 Å². The van der Waals surface area contributed by atoms with Crippen LogP contribution >= 0.6 is 0 Å². The highest BCUT2D eigenvalue weighted by Gasteiger charge is 2.08.